The zero-order valence-corrected chi connectivity index (χ0v) is 11.9. The number of benzene rings is 2. The van der Waals surface area contributed by atoms with Gasteiger partial charge in [0.15, 0.2) is 0 Å². The minimum absolute atomic E-state index is 0.716. The lowest BCUT2D eigenvalue weighted by molar-refractivity contribution is 1.03. The van der Waals surface area contributed by atoms with Crippen LogP contribution in [0.25, 0.3) is 10.8 Å². The molecule has 0 aliphatic heterocycles. The summed E-state index contributed by atoms with van der Waals surface area (Å²) in [5, 5.41) is 5.93. The first kappa shape index (κ1) is 12.2. The van der Waals surface area contributed by atoms with Crippen LogP contribution in [-0.4, -0.2) is 4.98 Å². The van der Waals surface area contributed by atoms with Crippen LogP contribution in [0.4, 0.5) is 5.69 Å². The number of halogens is 1. The van der Waals surface area contributed by atoms with Gasteiger partial charge < -0.3 is 5.32 Å². The Morgan fingerprint density at radius 3 is 2.58 bits per heavy atom. The molecule has 1 heterocycles. The Kier molecular flexibility index (Phi) is 3.47. The second kappa shape index (κ2) is 5.41. The van der Waals surface area contributed by atoms with E-state index in [2.05, 4.69) is 68.7 Å². The third kappa shape index (κ3) is 2.76. The molecule has 2 nitrogen and oxygen atoms in total. The fourth-order valence-electron chi connectivity index (χ4n) is 2.11. The zero-order chi connectivity index (χ0) is 13.1. The summed E-state index contributed by atoms with van der Waals surface area (Å²) in [6.45, 7) is 0.716. The van der Waals surface area contributed by atoms with Crippen LogP contribution in [0, 0.1) is 0 Å². The van der Waals surface area contributed by atoms with Crippen molar-refractivity contribution in [3.8, 4) is 0 Å². The molecule has 0 aliphatic rings. The maximum atomic E-state index is 4.42. The lowest BCUT2D eigenvalue weighted by Crippen LogP contribution is -2.01. The molecule has 0 radical (unpaired) electrons. The lowest BCUT2D eigenvalue weighted by Gasteiger charge is -2.09. The standard InChI is InChI=1S/C16H13BrN2/c17-16-10-4-7-13(19-16)11-18-15-9-3-6-12-5-1-2-8-14(12)15/h1-10,18H,11H2. The van der Waals surface area contributed by atoms with Crippen LogP contribution in [0.1, 0.15) is 5.69 Å². The summed E-state index contributed by atoms with van der Waals surface area (Å²) in [5.41, 5.74) is 2.15. The second-order valence-corrected chi connectivity index (χ2v) is 5.14. The maximum absolute atomic E-state index is 4.42. The molecule has 0 amide bonds. The second-order valence-electron chi connectivity index (χ2n) is 4.33. The topological polar surface area (TPSA) is 24.9 Å². The Morgan fingerprint density at radius 2 is 1.68 bits per heavy atom. The molecule has 19 heavy (non-hydrogen) atoms. The van der Waals surface area contributed by atoms with Crippen LogP contribution in [0.15, 0.2) is 65.3 Å². The molecule has 0 saturated carbocycles. The Hall–Kier alpha value is -1.87. The number of anilines is 1. The summed E-state index contributed by atoms with van der Waals surface area (Å²) in [6.07, 6.45) is 0. The largest absolute Gasteiger partial charge is 0.379 e. The van der Waals surface area contributed by atoms with Gasteiger partial charge in [-0.25, -0.2) is 4.98 Å². The molecule has 1 N–H and O–H groups in total. The van der Waals surface area contributed by atoms with E-state index in [4.69, 9.17) is 0 Å². The molecule has 0 unspecified atom stereocenters. The predicted molar refractivity (Wildman–Crippen MR) is 83.2 cm³/mol. The summed E-state index contributed by atoms with van der Waals surface area (Å²) >= 11 is 3.39. The van der Waals surface area contributed by atoms with Gasteiger partial charge in [0.25, 0.3) is 0 Å². The Bertz CT molecular complexity index is 704. The van der Waals surface area contributed by atoms with Crippen LogP contribution in [-0.2, 0) is 6.54 Å². The smallest absolute Gasteiger partial charge is 0.106 e. The van der Waals surface area contributed by atoms with E-state index in [1.807, 2.05) is 18.2 Å². The number of nitrogens with one attached hydrogen (secondary N) is 1. The summed E-state index contributed by atoms with van der Waals surface area (Å²) in [4.78, 5) is 4.42. The van der Waals surface area contributed by atoms with Crippen LogP contribution in [0.5, 0.6) is 0 Å². The Balaban J connectivity index is 1.86. The van der Waals surface area contributed by atoms with Gasteiger partial charge in [0.1, 0.15) is 4.60 Å². The number of pyridine rings is 1. The monoisotopic (exact) mass is 312 g/mol. The van der Waals surface area contributed by atoms with E-state index >= 15 is 0 Å². The summed E-state index contributed by atoms with van der Waals surface area (Å²) in [7, 11) is 0. The van der Waals surface area contributed by atoms with E-state index in [1.165, 1.54) is 10.8 Å². The Labute approximate surface area is 120 Å². The minimum atomic E-state index is 0.716. The van der Waals surface area contributed by atoms with Crippen LogP contribution >= 0.6 is 15.9 Å². The highest BCUT2D eigenvalue weighted by atomic mass is 79.9. The maximum Gasteiger partial charge on any atom is 0.106 e. The summed E-state index contributed by atoms with van der Waals surface area (Å²) < 4.78 is 0.865. The van der Waals surface area contributed by atoms with Crippen molar-refractivity contribution in [1.82, 2.24) is 4.98 Å². The third-order valence-electron chi connectivity index (χ3n) is 3.02. The molecule has 0 spiro atoms. The Morgan fingerprint density at radius 1 is 0.895 bits per heavy atom. The van der Waals surface area contributed by atoms with E-state index in [0.717, 1.165) is 16.0 Å². The zero-order valence-electron chi connectivity index (χ0n) is 10.3. The number of hydrogen-bond acceptors (Lipinski definition) is 2. The number of hydrogen-bond donors (Lipinski definition) is 1. The lowest BCUT2D eigenvalue weighted by atomic mass is 10.1. The molecule has 1 aromatic heterocycles. The molecular weight excluding hydrogens is 300 g/mol. The van der Waals surface area contributed by atoms with Crippen LogP contribution in [0.2, 0.25) is 0 Å². The highest BCUT2D eigenvalue weighted by Gasteiger charge is 2.00. The predicted octanol–water partition coefficient (Wildman–Crippen LogP) is 4.61. The first-order valence-electron chi connectivity index (χ1n) is 6.16. The first-order valence-corrected chi connectivity index (χ1v) is 6.95. The van der Waals surface area contributed by atoms with Crippen molar-refractivity contribution in [2.45, 2.75) is 6.54 Å². The number of nitrogens with zero attached hydrogens (tertiary/aromatic N) is 1. The normalized spacial score (nSPS) is 10.6. The van der Waals surface area contributed by atoms with E-state index < -0.39 is 0 Å². The minimum Gasteiger partial charge on any atom is -0.379 e. The average Bonchev–Trinajstić information content (AvgIpc) is 2.45. The molecule has 0 fully saturated rings. The van der Waals surface area contributed by atoms with Crippen molar-refractivity contribution in [2.24, 2.45) is 0 Å². The van der Waals surface area contributed by atoms with Crippen molar-refractivity contribution in [2.75, 3.05) is 5.32 Å². The summed E-state index contributed by atoms with van der Waals surface area (Å²) in [6, 6.07) is 20.6. The van der Waals surface area contributed by atoms with Crippen molar-refractivity contribution in [3.63, 3.8) is 0 Å². The fourth-order valence-corrected chi connectivity index (χ4v) is 2.49. The molecule has 3 rings (SSSR count). The summed E-state index contributed by atoms with van der Waals surface area (Å²) in [5.74, 6) is 0. The van der Waals surface area contributed by atoms with E-state index in [1.54, 1.807) is 0 Å². The van der Waals surface area contributed by atoms with Gasteiger partial charge in [0, 0.05) is 11.1 Å². The van der Waals surface area contributed by atoms with Gasteiger partial charge in [-0.1, -0.05) is 42.5 Å². The van der Waals surface area contributed by atoms with Crippen molar-refractivity contribution < 1.29 is 0 Å². The van der Waals surface area contributed by atoms with Gasteiger partial charge in [-0.3, -0.25) is 0 Å². The molecule has 0 aliphatic carbocycles. The van der Waals surface area contributed by atoms with Gasteiger partial charge in [-0.05, 0) is 39.5 Å². The fraction of sp³-hybridized carbons (Fsp3) is 0.0625. The van der Waals surface area contributed by atoms with Gasteiger partial charge >= 0.3 is 0 Å². The van der Waals surface area contributed by atoms with E-state index in [-0.39, 0.29) is 0 Å². The van der Waals surface area contributed by atoms with Crippen molar-refractivity contribution in [3.05, 3.63) is 71.0 Å². The SMILES string of the molecule is Brc1cccc(CNc2cccc3ccccc23)n1. The van der Waals surface area contributed by atoms with E-state index in [0.29, 0.717) is 6.54 Å². The highest BCUT2D eigenvalue weighted by molar-refractivity contribution is 9.10. The van der Waals surface area contributed by atoms with E-state index in [9.17, 15) is 0 Å². The highest BCUT2D eigenvalue weighted by Crippen LogP contribution is 2.23. The third-order valence-corrected chi connectivity index (χ3v) is 3.46. The van der Waals surface area contributed by atoms with Crippen LogP contribution < -0.4 is 5.32 Å². The molecule has 0 saturated heterocycles. The number of rotatable bonds is 3. The molecule has 0 bridgehead atoms. The molecule has 3 heteroatoms. The van der Waals surface area contributed by atoms with Crippen molar-refractivity contribution in [1.29, 1.82) is 0 Å². The van der Waals surface area contributed by atoms with Gasteiger partial charge in [0.2, 0.25) is 0 Å². The molecule has 94 valence electrons. The average molecular weight is 313 g/mol. The van der Waals surface area contributed by atoms with Gasteiger partial charge in [-0.15, -0.1) is 0 Å². The molecule has 2 aromatic carbocycles. The first-order chi connectivity index (χ1) is 9.33. The molecular formula is C16H13BrN2. The van der Waals surface area contributed by atoms with Crippen LogP contribution in [0.3, 0.4) is 0 Å². The number of fused-ring (bicyclic) bond motifs is 1. The number of aromatic nitrogens is 1. The van der Waals surface area contributed by atoms with Gasteiger partial charge in [-0.2, -0.15) is 0 Å². The van der Waals surface area contributed by atoms with Gasteiger partial charge in [0.05, 0.1) is 12.2 Å². The molecule has 3 aromatic rings. The molecule has 0 atom stereocenters. The van der Waals surface area contributed by atoms with Crippen molar-refractivity contribution >= 4 is 32.4 Å². The quantitative estimate of drug-likeness (QED) is 0.714.